The summed E-state index contributed by atoms with van der Waals surface area (Å²) in [6, 6.07) is 7.27. The molecule has 4 rings (SSSR count). The number of hydrogen-bond acceptors (Lipinski definition) is 5. The van der Waals surface area contributed by atoms with Gasteiger partial charge in [0.05, 0.1) is 29.2 Å². The van der Waals surface area contributed by atoms with E-state index in [9.17, 15) is 9.18 Å². The molecule has 0 spiro atoms. The molecular weight excluding hydrogens is 426 g/mol. The van der Waals surface area contributed by atoms with E-state index in [2.05, 4.69) is 15.3 Å². The van der Waals surface area contributed by atoms with Gasteiger partial charge in [0.1, 0.15) is 17.2 Å². The van der Waals surface area contributed by atoms with Crippen LogP contribution in [-0.2, 0) is 4.79 Å². The number of anilines is 3. The maximum Gasteiger partial charge on any atom is 0.250 e. The Kier molecular flexibility index (Phi) is 6.06. The summed E-state index contributed by atoms with van der Waals surface area (Å²) >= 11 is 0. The van der Waals surface area contributed by atoms with Gasteiger partial charge in [0.25, 0.3) is 5.91 Å². The lowest BCUT2D eigenvalue weighted by Gasteiger charge is -2.18. The number of aryl methyl sites for hydroxylation is 1. The van der Waals surface area contributed by atoms with E-state index in [4.69, 9.17) is 0 Å². The number of halogens is 2. The summed E-state index contributed by atoms with van der Waals surface area (Å²) in [5.74, 6) is -0.785. The van der Waals surface area contributed by atoms with Crippen LogP contribution in [0.1, 0.15) is 5.56 Å². The van der Waals surface area contributed by atoms with Gasteiger partial charge in [-0.1, -0.05) is 6.08 Å². The molecule has 0 aliphatic heterocycles. The minimum absolute atomic E-state index is 0.133. The zero-order chi connectivity index (χ0) is 23.7. The summed E-state index contributed by atoms with van der Waals surface area (Å²) in [4.78, 5) is 24.5. The topological polar surface area (TPSA) is 65.8 Å². The summed E-state index contributed by atoms with van der Waals surface area (Å²) < 4.78 is 30.3. The lowest BCUT2D eigenvalue weighted by atomic mass is 10.2. The molecular formula is C24H24F2N6O. The Morgan fingerprint density at radius 2 is 1.94 bits per heavy atom. The van der Waals surface area contributed by atoms with Crippen molar-refractivity contribution in [1.82, 2.24) is 19.3 Å². The Labute approximate surface area is 190 Å². The summed E-state index contributed by atoms with van der Waals surface area (Å²) in [6.07, 6.45) is 6.38. The van der Waals surface area contributed by atoms with E-state index in [1.54, 1.807) is 42.1 Å². The number of fused-ring (bicyclic) bond motifs is 3. The van der Waals surface area contributed by atoms with Crippen molar-refractivity contribution in [1.29, 1.82) is 0 Å². The minimum atomic E-state index is -0.574. The summed E-state index contributed by atoms with van der Waals surface area (Å²) in [5, 5.41) is 3.19. The third-order valence-corrected chi connectivity index (χ3v) is 5.28. The molecule has 0 atom stereocenters. The molecule has 2 heterocycles. The van der Waals surface area contributed by atoms with Crippen LogP contribution in [-0.4, -0.2) is 52.9 Å². The lowest BCUT2D eigenvalue weighted by molar-refractivity contribution is -0.113. The number of imidazole rings is 1. The van der Waals surface area contributed by atoms with Gasteiger partial charge >= 0.3 is 0 Å². The third kappa shape index (κ3) is 4.54. The second-order valence-corrected chi connectivity index (χ2v) is 8.05. The van der Waals surface area contributed by atoms with Gasteiger partial charge in [0.15, 0.2) is 5.82 Å². The monoisotopic (exact) mass is 450 g/mol. The van der Waals surface area contributed by atoms with Crippen LogP contribution in [0.3, 0.4) is 0 Å². The SMILES string of the molecule is Cc1cc(F)ccc1Nc1nc2cc(F)c(N(C)C(=O)/C=C/CN(C)C)cc2n2cncc12. The molecule has 0 saturated heterocycles. The predicted octanol–water partition coefficient (Wildman–Crippen LogP) is 4.29. The average Bonchev–Trinajstić information content (AvgIpc) is 3.25. The predicted molar refractivity (Wildman–Crippen MR) is 126 cm³/mol. The number of hydrogen-bond donors (Lipinski definition) is 1. The Morgan fingerprint density at radius 3 is 2.67 bits per heavy atom. The first-order valence-electron chi connectivity index (χ1n) is 10.3. The Bertz CT molecular complexity index is 1380. The van der Waals surface area contributed by atoms with Gasteiger partial charge in [0, 0.05) is 31.4 Å². The number of nitrogens with one attached hydrogen (secondary N) is 1. The van der Waals surface area contributed by atoms with Crippen LogP contribution in [0, 0.1) is 18.6 Å². The molecule has 0 unspecified atom stereocenters. The zero-order valence-corrected chi connectivity index (χ0v) is 18.8. The first-order chi connectivity index (χ1) is 15.7. The first kappa shape index (κ1) is 22.3. The maximum absolute atomic E-state index is 15.0. The molecule has 1 amide bonds. The molecule has 33 heavy (non-hydrogen) atoms. The van der Waals surface area contributed by atoms with Crippen molar-refractivity contribution in [3.05, 3.63) is 72.2 Å². The second kappa shape index (κ2) is 8.95. The molecule has 1 N–H and O–H groups in total. The van der Waals surface area contributed by atoms with Crippen LogP contribution in [0.25, 0.3) is 16.6 Å². The zero-order valence-electron chi connectivity index (χ0n) is 18.8. The molecule has 170 valence electrons. The van der Waals surface area contributed by atoms with Crippen LogP contribution < -0.4 is 10.2 Å². The molecule has 2 aromatic carbocycles. The van der Waals surface area contributed by atoms with E-state index < -0.39 is 5.82 Å². The van der Waals surface area contributed by atoms with E-state index in [0.717, 1.165) is 0 Å². The smallest absolute Gasteiger partial charge is 0.250 e. The number of carbonyl (C=O) groups excluding carboxylic acids is 1. The van der Waals surface area contributed by atoms with Crippen molar-refractivity contribution in [2.75, 3.05) is 37.9 Å². The normalized spacial score (nSPS) is 11.7. The molecule has 2 aromatic heterocycles. The molecule has 0 fully saturated rings. The van der Waals surface area contributed by atoms with Crippen LogP contribution in [0.2, 0.25) is 0 Å². The molecule has 7 nitrogen and oxygen atoms in total. The molecule has 9 heteroatoms. The van der Waals surface area contributed by atoms with Gasteiger partial charge in [-0.15, -0.1) is 0 Å². The number of carbonyl (C=O) groups is 1. The number of amides is 1. The fourth-order valence-electron chi connectivity index (χ4n) is 3.50. The number of aromatic nitrogens is 3. The largest absolute Gasteiger partial charge is 0.338 e. The van der Waals surface area contributed by atoms with Gasteiger partial charge in [-0.3, -0.25) is 9.20 Å². The minimum Gasteiger partial charge on any atom is -0.338 e. The molecule has 0 radical (unpaired) electrons. The fourth-order valence-corrected chi connectivity index (χ4v) is 3.50. The van der Waals surface area contributed by atoms with Crippen molar-refractivity contribution < 1.29 is 13.6 Å². The van der Waals surface area contributed by atoms with Gasteiger partial charge in [0.2, 0.25) is 0 Å². The Morgan fingerprint density at radius 1 is 1.15 bits per heavy atom. The Hall–Kier alpha value is -3.85. The van der Waals surface area contributed by atoms with Gasteiger partial charge in [-0.05, 0) is 50.8 Å². The third-order valence-electron chi connectivity index (χ3n) is 5.28. The van der Waals surface area contributed by atoms with E-state index in [0.29, 0.717) is 40.2 Å². The Balaban J connectivity index is 1.75. The highest BCUT2D eigenvalue weighted by Gasteiger charge is 2.18. The summed E-state index contributed by atoms with van der Waals surface area (Å²) in [6.45, 7) is 2.38. The van der Waals surface area contributed by atoms with Gasteiger partial charge < -0.3 is 15.1 Å². The number of rotatable bonds is 6. The van der Waals surface area contributed by atoms with Crippen LogP contribution in [0.5, 0.6) is 0 Å². The molecule has 0 saturated carbocycles. The summed E-state index contributed by atoms with van der Waals surface area (Å²) in [7, 11) is 5.31. The molecule has 0 bridgehead atoms. The fraction of sp³-hybridized carbons (Fsp3) is 0.208. The van der Waals surface area contributed by atoms with Gasteiger partial charge in [-0.25, -0.2) is 18.7 Å². The second-order valence-electron chi connectivity index (χ2n) is 8.05. The average molecular weight is 450 g/mol. The highest BCUT2D eigenvalue weighted by Crippen LogP contribution is 2.30. The van der Waals surface area contributed by atoms with Crippen molar-refractivity contribution in [2.45, 2.75) is 6.92 Å². The van der Waals surface area contributed by atoms with E-state index in [1.165, 1.54) is 36.2 Å². The lowest BCUT2D eigenvalue weighted by Crippen LogP contribution is -2.25. The van der Waals surface area contributed by atoms with Crippen LogP contribution in [0.4, 0.5) is 26.0 Å². The van der Waals surface area contributed by atoms with E-state index in [-0.39, 0.29) is 17.4 Å². The van der Waals surface area contributed by atoms with Gasteiger partial charge in [-0.2, -0.15) is 0 Å². The van der Waals surface area contributed by atoms with E-state index >= 15 is 4.39 Å². The van der Waals surface area contributed by atoms with Crippen molar-refractivity contribution in [2.24, 2.45) is 0 Å². The van der Waals surface area contributed by atoms with Crippen molar-refractivity contribution in [3.63, 3.8) is 0 Å². The number of likely N-dealkylation sites (N-methyl/N-ethyl adjacent to an activating group) is 2. The van der Waals surface area contributed by atoms with Crippen molar-refractivity contribution >= 4 is 39.6 Å². The molecule has 4 aromatic rings. The summed E-state index contributed by atoms with van der Waals surface area (Å²) in [5.41, 5.74) is 3.15. The van der Waals surface area contributed by atoms with Crippen molar-refractivity contribution in [3.8, 4) is 0 Å². The standard InChI is InChI=1S/C24H24F2N6O/c1-15-10-16(25)7-8-18(15)28-24-22-13-27-14-32(22)21-12-20(17(26)11-19(21)29-24)31(4)23(33)6-5-9-30(2)3/h5-8,10-14H,9H2,1-4H3,(H,28,29)/b6-5+. The quantitative estimate of drug-likeness (QED) is 0.444. The number of benzene rings is 2. The highest BCUT2D eigenvalue weighted by molar-refractivity contribution is 6.02. The highest BCUT2D eigenvalue weighted by atomic mass is 19.1. The molecule has 0 aliphatic rings. The van der Waals surface area contributed by atoms with Crippen LogP contribution in [0.15, 0.2) is 55.0 Å². The van der Waals surface area contributed by atoms with E-state index in [1.807, 2.05) is 19.0 Å². The maximum atomic E-state index is 15.0. The molecule has 0 aliphatic carbocycles. The number of nitrogens with zero attached hydrogens (tertiary/aromatic N) is 5. The first-order valence-corrected chi connectivity index (χ1v) is 10.3. The van der Waals surface area contributed by atoms with Crippen LogP contribution >= 0.6 is 0 Å².